The van der Waals surface area contributed by atoms with E-state index in [0.29, 0.717) is 18.4 Å². The minimum Gasteiger partial charge on any atom is -0.372 e. The standard InChI is InChI=1S/C14H13NO/c1-3-14(16,13(10-15)7-8-13)12-6-4-5-11(2)9-12/h1,4-6,9,16H,7-8H2,2H3/t14-/m0/s1. The third-order valence-corrected chi connectivity index (χ3v) is 3.30. The third kappa shape index (κ3) is 1.32. The van der Waals surface area contributed by atoms with Gasteiger partial charge in [0, 0.05) is 0 Å². The first-order valence-electron chi connectivity index (χ1n) is 5.26. The topological polar surface area (TPSA) is 44.0 Å². The molecular formula is C14H13NO. The van der Waals surface area contributed by atoms with Crippen LogP contribution in [0.4, 0.5) is 0 Å². The summed E-state index contributed by atoms with van der Waals surface area (Å²) in [6, 6.07) is 9.58. The average Bonchev–Trinajstić information content (AvgIpc) is 3.09. The molecule has 1 fully saturated rings. The lowest BCUT2D eigenvalue weighted by Gasteiger charge is -2.27. The van der Waals surface area contributed by atoms with Crippen molar-refractivity contribution in [3.8, 4) is 18.4 Å². The van der Waals surface area contributed by atoms with Crippen molar-refractivity contribution in [3.63, 3.8) is 0 Å². The lowest BCUT2D eigenvalue weighted by atomic mass is 9.79. The number of aryl methyl sites for hydroxylation is 1. The van der Waals surface area contributed by atoms with Gasteiger partial charge in [0.05, 0.1) is 6.07 Å². The molecule has 16 heavy (non-hydrogen) atoms. The van der Waals surface area contributed by atoms with E-state index in [1.807, 2.05) is 25.1 Å². The van der Waals surface area contributed by atoms with Crippen molar-refractivity contribution in [2.24, 2.45) is 5.41 Å². The number of terminal acetylenes is 1. The second-order valence-corrected chi connectivity index (χ2v) is 4.42. The molecule has 0 unspecified atom stereocenters. The first kappa shape index (κ1) is 10.7. The Labute approximate surface area is 95.5 Å². The minimum atomic E-state index is -1.45. The van der Waals surface area contributed by atoms with Crippen LogP contribution in [0.3, 0.4) is 0 Å². The van der Waals surface area contributed by atoms with Gasteiger partial charge in [0.1, 0.15) is 5.41 Å². The van der Waals surface area contributed by atoms with Gasteiger partial charge in [0.2, 0.25) is 0 Å². The molecule has 0 spiro atoms. The zero-order valence-corrected chi connectivity index (χ0v) is 9.20. The van der Waals surface area contributed by atoms with E-state index in [-0.39, 0.29) is 0 Å². The molecule has 0 saturated heterocycles. The van der Waals surface area contributed by atoms with Crippen LogP contribution in [-0.2, 0) is 5.60 Å². The van der Waals surface area contributed by atoms with Crippen LogP contribution in [0.1, 0.15) is 24.0 Å². The van der Waals surface area contributed by atoms with Crippen molar-refractivity contribution < 1.29 is 5.11 Å². The summed E-state index contributed by atoms with van der Waals surface area (Å²) in [4.78, 5) is 0. The summed E-state index contributed by atoms with van der Waals surface area (Å²) in [5.41, 5.74) is -0.558. The molecule has 2 rings (SSSR count). The fraction of sp³-hybridized carbons (Fsp3) is 0.357. The van der Waals surface area contributed by atoms with Gasteiger partial charge < -0.3 is 5.11 Å². The number of aliphatic hydroxyl groups is 1. The summed E-state index contributed by atoms with van der Waals surface area (Å²) in [6.07, 6.45) is 6.77. The predicted molar refractivity (Wildman–Crippen MR) is 61.2 cm³/mol. The van der Waals surface area contributed by atoms with E-state index in [1.54, 1.807) is 6.07 Å². The van der Waals surface area contributed by atoms with Gasteiger partial charge >= 0.3 is 0 Å². The Balaban J connectivity index is 2.53. The smallest absolute Gasteiger partial charge is 0.169 e. The van der Waals surface area contributed by atoms with E-state index in [0.717, 1.165) is 5.56 Å². The second kappa shape index (κ2) is 3.37. The lowest BCUT2D eigenvalue weighted by Crippen LogP contribution is -2.34. The van der Waals surface area contributed by atoms with Crippen LogP contribution in [0.25, 0.3) is 0 Å². The molecule has 0 aromatic heterocycles. The molecule has 1 atom stereocenters. The van der Waals surface area contributed by atoms with E-state index >= 15 is 0 Å². The number of hydrogen-bond acceptors (Lipinski definition) is 2. The molecule has 0 amide bonds. The maximum absolute atomic E-state index is 10.5. The van der Waals surface area contributed by atoms with Gasteiger partial charge in [-0.05, 0) is 25.3 Å². The van der Waals surface area contributed by atoms with E-state index in [4.69, 9.17) is 11.7 Å². The molecule has 2 heteroatoms. The van der Waals surface area contributed by atoms with Gasteiger partial charge in [-0.15, -0.1) is 6.42 Å². The maximum atomic E-state index is 10.5. The predicted octanol–water partition coefficient (Wildman–Crippen LogP) is 2.12. The number of rotatable bonds is 2. The zero-order valence-electron chi connectivity index (χ0n) is 9.20. The largest absolute Gasteiger partial charge is 0.372 e. The van der Waals surface area contributed by atoms with Crippen molar-refractivity contribution in [2.45, 2.75) is 25.4 Å². The molecule has 0 heterocycles. The Bertz CT molecular complexity index is 502. The molecule has 1 aromatic carbocycles. The molecule has 80 valence electrons. The highest BCUT2D eigenvalue weighted by Gasteiger charge is 2.60. The van der Waals surface area contributed by atoms with Gasteiger partial charge in [-0.25, -0.2) is 0 Å². The SMILES string of the molecule is C#C[C@](O)(c1cccc(C)c1)C1(C#N)CC1. The highest BCUT2D eigenvalue weighted by Crippen LogP contribution is 2.57. The van der Waals surface area contributed by atoms with Crippen molar-refractivity contribution in [1.82, 2.24) is 0 Å². The van der Waals surface area contributed by atoms with E-state index in [1.165, 1.54) is 0 Å². The summed E-state index contributed by atoms with van der Waals surface area (Å²) >= 11 is 0. The van der Waals surface area contributed by atoms with Gasteiger partial charge in [-0.2, -0.15) is 5.26 Å². The lowest BCUT2D eigenvalue weighted by molar-refractivity contribution is 0.0457. The Hall–Kier alpha value is -1.77. The molecule has 1 aliphatic carbocycles. The minimum absolute atomic E-state index is 0.647. The zero-order chi connectivity index (χ0) is 11.8. The first-order chi connectivity index (χ1) is 7.58. The van der Waals surface area contributed by atoms with Gasteiger partial charge in [-0.1, -0.05) is 35.7 Å². The second-order valence-electron chi connectivity index (χ2n) is 4.42. The highest BCUT2D eigenvalue weighted by molar-refractivity contribution is 5.41. The van der Waals surface area contributed by atoms with Crippen LogP contribution < -0.4 is 0 Å². The first-order valence-corrected chi connectivity index (χ1v) is 5.26. The van der Waals surface area contributed by atoms with Crippen LogP contribution in [0, 0.1) is 36.0 Å². The summed E-state index contributed by atoms with van der Waals surface area (Å²) in [6.45, 7) is 1.94. The molecule has 1 aromatic rings. The molecule has 0 radical (unpaired) electrons. The molecule has 0 bridgehead atoms. The average molecular weight is 211 g/mol. The normalized spacial score (nSPS) is 20.2. The monoisotopic (exact) mass is 211 g/mol. The molecule has 1 saturated carbocycles. The van der Waals surface area contributed by atoms with Crippen molar-refractivity contribution >= 4 is 0 Å². The van der Waals surface area contributed by atoms with Gasteiger partial charge in [0.15, 0.2) is 5.60 Å². The maximum Gasteiger partial charge on any atom is 0.169 e. The fourth-order valence-electron chi connectivity index (χ4n) is 2.05. The van der Waals surface area contributed by atoms with E-state index in [2.05, 4.69) is 12.0 Å². The van der Waals surface area contributed by atoms with Gasteiger partial charge in [0.25, 0.3) is 0 Å². The fourth-order valence-corrected chi connectivity index (χ4v) is 2.05. The third-order valence-electron chi connectivity index (χ3n) is 3.30. The Morgan fingerprint density at radius 2 is 2.19 bits per heavy atom. The Morgan fingerprint density at radius 3 is 2.62 bits per heavy atom. The number of benzene rings is 1. The van der Waals surface area contributed by atoms with Crippen LogP contribution in [0.5, 0.6) is 0 Å². The molecular weight excluding hydrogens is 198 g/mol. The summed E-state index contributed by atoms with van der Waals surface area (Å²) in [5, 5.41) is 19.7. The summed E-state index contributed by atoms with van der Waals surface area (Å²) < 4.78 is 0. The molecule has 1 aliphatic rings. The van der Waals surface area contributed by atoms with Gasteiger partial charge in [-0.3, -0.25) is 0 Å². The highest BCUT2D eigenvalue weighted by atomic mass is 16.3. The van der Waals surface area contributed by atoms with Crippen molar-refractivity contribution in [1.29, 1.82) is 5.26 Å². The van der Waals surface area contributed by atoms with E-state index < -0.39 is 11.0 Å². The summed E-state index contributed by atoms with van der Waals surface area (Å²) in [7, 11) is 0. The Kier molecular flexibility index (Phi) is 2.26. The summed E-state index contributed by atoms with van der Waals surface area (Å²) in [5.74, 6) is 2.41. The number of hydrogen-bond donors (Lipinski definition) is 1. The van der Waals surface area contributed by atoms with E-state index in [9.17, 15) is 5.11 Å². The number of nitriles is 1. The van der Waals surface area contributed by atoms with Crippen LogP contribution in [0.2, 0.25) is 0 Å². The van der Waals surface area contributed by atoms with Crippen LogP contribution in [-0.4, -0.2) is 5.11 Å². The quantitative estimate of drug-likeness (QED) is 0.761. The van der Waals surface area contributed by atoms with Crippen molar-refractivity contribution in [2.75, 3.05) is 0 Å². The van der Waals surface area contributed by atoms with Crippen LogP contribution in [0.15, 0.2) is 24.3 Å². The molecule has 2 nitrogen and oxygen atoms in total. The van der Waals surface area contributed by atoms with Crippen molar-refractivity contribution in [3.05, 3.63) is 35.4 Å². The number of nitrogens with zero attached hydrogens (tertiary/aromatic N) is 1. The molecule has 0 aliphatic heterocycles. The molecule has 1 N–H and O–H groups in total. The Morgan fingerprint density at radius 1 is 1.50 bits per heavy atom. The van der Waals surface area contributed by atoms with Crippen LogP contribution >= 0.6 is 0 Å².